The molecule has 1 aliphatic rings. The van der Waals surface area contributed by atoms with Gasteiger partial charge in [0, 0.05) is 30.8 Å². The Morgan fingerprint density at radius 3 is 2.55 bits per heavy atom. The van der Waals surface area contributed by atoms with Crippen LogP contribution in [0.2, 0.25) is 0 Å². The Balaban J connectivity index is 1.38. The van der Waals surface area contributed by atoms with Gasteiger partial charge < -0.3 is 15.5 Å². The van der Waals surface area contributed by atoms with Gasteiger partial charge >= 0.3 is 0 Å². The van der Waals surface area contributed by atoms with Crippen molar-refractivity contribution in [2.45, 2.75) is 6.54 Å². The van der Waals surface area contributed by atoms with Crippen LogP contribution in [0.25, 0.3) is 11.3 Å². The summed E-state index contributed by atoms with van der Waals surface area (Å²) in [5.74, 6) is -1.06. The molecular weight excluding hydrogens is 401 g/mol. The van der Waals surface area contributed by atoms with Crippen LogP contribution in [-0.2, 0) is 11.3 Å². The number of hydrogen-bond donors (Lipinski definition) is 3. The first-order chi connectivity index (χ1) is 15.0. The fourth-order valence-corrected chi connectivity index (χ4v) is 3.33. The molecule has 0 bridgehead atoms. The summed E-state index contributed by atoms with van der Waals surface area (Å²) in [6, 6.07) is 12.6. The van der Waals surface area contributed by atoms with Gasteiger partial charge in [-0.1, -0.05) is 12.1 Å². The lowest BCUT2D eigenvalue weighted by molar-refractivity contribution is -0.123. The molecule has 9 heteroatoms. The number of nitrogens with zero attached hydrogens (tertiary/aromatic N) is 2. The highest BCUT2D eigenvalue weighted by Crippen LogP contribution is 2.21. The second-order valence-corrected chi connectivity index (χ2v) is 7.12. The van der Waals surface area contributed by atoms with Gasteiger partial charge in [-0.15, -0.1) is 0 Å². The lowest BCUT2D eigenvalue weighted by Gasteiger charge is -2.26. The summed E-state index contributed by atoms with van der Waals surface area (Å²) in [5, 5.41) is 12.2. The molecule has 0 aliphatic carbocycles. The van der Waals surface area contributed by atoms with Crippen LogP contribution in [-0.4, -0.2) is 52.5 Å². The lowest BCUT2D eigenvalue weighted by atomic mass is 10.1. The molecule has 0 unspecified atom stereocenters. The van der Waals surface area contributed by atoms with Gasteiger partial charge in [-0.3, -0.25) is 19.5 Å². The molecule has 31 heavy (non-hydrogen) atoms. The quantitative estimate of drug-likeness (QED) is 0.583. The van der Waals surface area contributed by atoms with Crippen LogP contribution in [0.15, 0.2) is 54.7 Å². The summed E-state index contributed by atoms with van der Waals surface area (Å²) < 4.78 is 13.2. The Bertz CT molecular complexity index is 1110. The van der Waals surface area contributed by atoms with Crippen molar-refractivity contribution in [3.8, 4) is 11.3 Å². The molecule has 1 saturated heterocycles. The fraction of sp³-hybridized carbons (Fsp3) is 0.182. The Hall–Kier alpha value is -4.01. The molecule has 1 aromatic heterocycles. The van der Waals surface area contributed by atoms with E-state index in [-0.39, 0.29) is 36.6 Å². The minimum atomic E-state index is -0.361. The van der Waals surface area contributed by atoms with Crippen molar-refractivity contribution in [1.82, 2.24) is 25.7 Å². The number of nitrogens with one attached hydrogen (secondary N) is 3. The van der Waals surface area contributed by atoms with Crippen LogP contribution in [0.1, 0.15) is 26.3 Å². The highest BCUT2D eigenvalue weighted by atomic mass is 19.1. The zero-order chi connectivity index (χ0) is 21.8. The smallest absolute Gasteiger partial charge is 0.255 e. The first kappa shape index (κ1) is 20.3. The summed E-state index contributed by atoms with van der Waals surface area (Å²) in [7, 11) is 0. The van der Waals surface area contributed by atoms with Gasteiger partial charge in [0.1, 0.15) is 5.82 Å². The van der Waals surface area contributed by atoms with Gasteiger partial charge in [0.05, 0.1) is 24.0 Å². The number of hydrogen-bond acceptors (Lipinski definition) is 4. The Kier molecular flexibility index (Phi) is 5.74. The van der Waals surface area contributed by atoms with E-state index in [2.05, 4.69) is 20.8 Å². The molecule has 8 nitrogen and oxygen atoms in total. The largest absolute Gasteiger partial charge is 0.353 e. The monoisotopic (exact) mass is 421 g/mol. The van der Waals surface area contributed by atoms with Crippen LogP contribution >= 0.6 is 0 Å². The zero-order valence-electron chi connectivity index (χ0n) is 16.5. The third-order valence-electron chi connectivity index (χ3n) is 5.00. The topological polar surface area (TPSA) is 107 Å². The maximum absolute atomic E-state index is 13.2. The maximum Gasteiger partial charge on any atom is 0.255 e. The van der Waals surface area contributed by atoms with E-state index >= 15 is 0 Å². The van der Waals surface area contributed by atoms with Gasteiger partial charge in [0.25, 0.3) is 11.8 Å². The molecule has 4 rings (SSSR count). The maximum atomic E-state index is 13.2. The number of rotatable bonds is 5. The number of carbonyl (C=O) groups is 3. The first-order valence-corrected chi connectivity index (χ1v) is 9.73. The lowest BCUT2D eigenvalue weighted by Crippen LogP contribution is -2.49. The summed E-state index contributed by atoms with van der Waals surface area (Å²) in [6.45, 7) is 1.23. The van der Waals surface area contributed by atoms with E-state index in [1.807, 2.05) is 0 Å². The molecule has 0 atom stereocenters. The SMILES string of the molecule is O=C1CN(C(=O)c2ccc(CNC(=O)c3cn[nH]c3-c3ccc(F)cc3)cc2)CCN1. The standard InChI is InChI=1S/C22H20FN5O3/c23-17-7-5-15(6-8-17)20-18(12-26-27-20)21(30)25-11-14-1-3-16(4-2-14)22(31)28-10-9-24-19(29)13-28/h1-8,12H,9-11,13H2,(H,24,29)(H,25,30)(H,26,27). The Morgan fingerprint density at radius 1 is 1.10 bits per heavy atom. The predicted octanol–water partition coefficient (Wildman–Crippen LogP) is 1.72. The third-order valence-corrected chi connectivity index (χ3v) is 5.00. The van der Waals surface area contributed by atoms with Crippen molar-refractivity contribution in [3.63, 3.8) is 0 Å². The number of carbonyl (C=O) groups excluding carboxylic acids is 3. The van der Waals surface area contributed by atoms with Gasteiger partial charge in [-0.25, -0.2) is 4.39 Å². The van der Waals surface area contributed by atoms with E-state index in [0.717, 1.165) is 5.56 Å². The Morgan fingerprint density at radius 2 is 1.84 bits per heavy atom. The highest BCUT2D eigenvalue weighted by molar-refractivity contribution is 6.00. The average Bonchev–Trinajstić information content (AvgIpc) is 3.28. The molecule has 0 saturated carbocycles. The number of aromatic amines is 1. The number of piperazine rings is 1. The van der Waals surface area contributed by atoms with Crippen LogP contribution in [0.5, 0.6) is 0 Å². The van der Waals surface area contributed by atoms with E-state index < -0.39 is 0 Å². The fourth-order valence-electron chi connectivity index (χ4n) is 3.33. The second-order valence-electron chi connectivity index (χ2n) is 7.12. The molecule has 158 valence electrons. The minimum absolute atomic E-state index is 0.0533. The van der Waals surface area contributed by atoms with Crippen molar-refractivity contribution in [2.24, 2.45) is 0 Å². The summed E-state index contributed by atoms with van der Waals surface area (Å²) >= 11 is 0. The van der Waals surface area contributed by atoms with Gasteiger partial charge in [0.15, 0.2) is 0 Å². The number of H-pyrrole nitrogens is 1. The minimum Gasteiger partial charge on any atom is -0.353 e. The molecular formula is C22H20FN5O3. The molecule has 0 spiro atoms. The van der Waals surface area contributed by atoms with Crippen LogP contribution in [0.4, 0.5) is 4.39 Å². The zero-order valence-corrected chi connectivity index (χ0v) is 16.5. The normalized spacial score (nSPS) is 13.6. The first-order valence-electron chi connectivity index (χ1n) is 9.73. The molecule has 2 aromatic carbocycles. The van der Waals surface area contributed by atoms with Gasteiger partial charge in [-0.05, 0) is 42.0 Å². The molecule has 3 N–H and O–H groups in total. The molecule has 3 aromatic rings. The van der Waals surface area contributed by atoms with Crippen LogP contribution in [0.3, 0.4) is 0 Å². The van der Waals surface area contributed by atoms with Crippen LogP contribution < -0.4 is 10.6 Å². The van der Waals surface area contributed by atoms with Gasteiger partial charge in [-0.2, -0.15) is 5.10 Å². The summed E-state index contributed by atoms with van der Waals surface area (Å²) in [5.41, 5.74) is 2.80. The van der Waals surface area contributed by atoms with Crippen molar-refractivity contribution >= 4 is 17.7 Å². The van der Waals surface area contributed by atoms with Gasteiger partial charge in [0.2, 0.25) is 5.91 Å². The third kappa shape index (κ3) is 4.61. The average molecular weight is 421 g/mol. The highest BCUT2D eigenvalue weighted by Gasteiger charge is 2.22. The number of aromatic nitrogens is 2. The van der Waals surface area contributed by atoms with E-state index in [9.17, 15) is 18.8 Å². The molecule has 3 amide bonds. The molecule has 1 fully saturated rings. The summed E-state index contributed by atoms with van der Waals surface area (Å²) in [4.78, 5) is 38.1. The number of amides is 3. The van der Waals surface area contributed by atoms with Crippen molar-refractivity contribution in [3.05, 3.63) is 77.2 Å². The molecule has 2 heterocycles. The Labute approximate surface area is 177 Å². The van der Waals surface area contributed by atoms with E-state index in [4.69, 9.17) is 0 Å². The van der Waals surface area contributed by atoms with Crippen molar-refractivity contribution < 1.29 is 18.8 Å². The van der Waals surface area contributed by atoms with E-state index in [1.165, 1.54) is 23.2 Å². The molecule has 1 aliphatic heterocycles. The van der Waals surface area contributed by atoms with Crippen molar-refractivity contribution in [1.29, 1.82) is 0 Å². The van der Waals surface area contributed by atoms with E-state index in [0.29, 0.717) is 35.5 Å². The van der Waals surface area contributed by atoms with Crippen LogP contribution in [0, 0.1) is 5.82 Å². The predicted molar refractivity (Wildman–Crippen MR) is 111 cm³/mol. The summed E-state index contributed by atoms with van der Waals surface area (Å²) in [6.07, 6.45) is 1.42. The van der Waals surface area contributed by atoms with Crippen molar-refractivity contribution in [2.75, 3.05) is 19.6 Å². The number of halogens is 1. The van der Waals surface area contributed by atoms with E-state index in [1.54, 1.807) is 36.4 Å². The molecule has 0 radical (unpaired) electrons. The number of benzene rings is 2. The second kappa shape index (κ2) is 8.78.